The smallest absolute Gasteiger partial charge is 0.226 e. The maximum atomic E-state index is 13.3. The molecule has 9 heteroatoms. The van der Waals surface area contributed by atoms with Gasteiger partial charge >= 0.3 is 0 Å². The summed E-state index contributed by atoms with van der Waals surface area (Å²) in [6.07, 6.45) is 3.20. The first kappa shape index (κ1) is 17.8. The zero-order valence-electron chi connectivity index (χ0n) is 14.1. The molecule has 27 heavy (non-hydrogen) atoms. The highest BCUT2D eigenvalue weighted by molar-refractivity contribution is 6.28. The van der Waals surface area contributed by atoms with E-state index in [9.17, 15) is 14.6 Å². The molecule has 1 aliphatic rings. The van der Waals surface area contributed by atoms with Crippen LogP contribution < -0.4 is 5.32 Å². The molecule has 4 rings (SSSR count). The Kier molecular flexibility index (Phi) is 4.77. The van der Waals surface area contributed by atoms with E-state index < -0.39 is 12.2 Å². The van der Waals surface area contributed by atoms with Crippen molar-refractivity contribution in [3.8, 4) is 0 Å². The Morgan fingerprint density at radius 2 is 2.07 bits per heavy atom. The first-order chi connectivity index (χ1) is 13.0. The van der Waals surface area contributed by atoms with Crippen LogP contribution in [0.2, 0.25) is 5.28 Å². The monoisotopic (exact) mass is 389 g/mol. The largest absolute Gasteiger partial charge is 0.389 e. The minimum Gasteiger partial charge on any atom is -0.389 e. The minimum absolute atomic E-state index is 0.0496. The van der Waals surface area contributed by atoms with Gasteiger partial charge in [-0.2, -0.15) is 9.97 Å². The van der Waals surface area contributed by atoms with Crippen LogP contribution in [0, 0.1) is 11.7 Å². The third kappa shape index (κ3) is 3.64. The Balaban J connectivity index is 1.59. The van der Waals surface area contributed by atoms with Crippen molar-refractivity contribution >= 4 is 28.6 Å². The van der Waals surface area contributed by atoms with Crippen molar-refractivity contribution in [1.82, 2.24) is 19.5 Å². The lowest BCUT2D eigenvalue weighted by molar-refractivity contribution is 0.0298. The minimum atomic E-state index is -0.870. The van der Waals surface area contributed by atoms with Gasteiger partial charge in [0.05, 0.1) is 18.5 Å². The second-order valence-electron chi connectivity index (χ2n) is 6.42. The molecule has 2 aromatic heterocycles. The number of aromatic nitrogens is 4. The van der Waals surface area contributed by atoms with Gasteiger partial charge in [0.15, 0.2) is 17.0 Å². The van der Waals surface area contributed by atoms with Gasteiger partial charge in [-0.15, -0.1) is 0 Å². The Morgan fingerprint density at radius 1 is 1.22 bits per heavy atom. The summed E-state index contributed by atoms with van der Waals surface area (Å²) in [7, 11) is 0. The molecule has 3 aromatic rings. The molecule has 0 fully saturated rings. The van der Waals surface area contributed by atoms with Crippen molar-refractivity contribution in [3.05, 3.63) is 59.4 Å². The van der Waals surface area contributed by atoms with Gasteiger partial charge in [-0.1, -0.05) is 24.3 Å². The number of hydrogen-bond donors (Lipinski definition) is 3. The Morgan fingerprint density at radius 3 is 2.81 bits per heavy atom. The van der Waals surface area contributed by atoms with Gasteiger partial charge in [0, 0.05) is 19.0 Å². The molecular weight excluding hydrogens is 373 g/mol. The topological polar surface area (TPSA) is 96.1 Å². The quantitative estimate of drug-likeness (QED) is 0.457. The molecule has 2 heterocycles. The molecule has 1 aliphatic carbocycles. The number of nitrogens with one attached hydrogen (secondary N) is 1. The van der Waals surface area contributed by atoms with Crippen LogP contribution in [0.25, 0.3) is 11.2 Å². The van der Waals surface area contributed by atoms with E-state index in [4.69, 9.17) is 11.6 Å². The maximum Gasteiger partial charge on any atom is 0.226 e. The van der Waals surface area contributed by atoms with Gasteiger partial charge in [-0.25, -0.2) is 9.37 Å². The third-order valence-electron chi connectivity index (χ3n) is 4.54. The highest BCUT2D eigenvalue weighted by atomic mass is 35.5. The predicted octanol–water partition coefficient (Wildman–Crippen LogP) is 2.14. The van der Waals surface area contributed by atoms with Crippen LogP contribution >= 0.6 is 11.6 Å². The lowest BCUT2D eigenvalue weighted by atomic mass is 10.1. The van der Waals surface area contributed by atoms with Gasteiger partial charge in [0.2, 0.25) is 5.28 Å². The normalized spacial score (nSPS) is 21.9. The van der Waals surface area contributed by atoms with Crippen LogP contribution in [-0.4, -0.2) is 41.9 Å². The molecule has 3 N–H and O–H groups in total. The Hall–Kier alpha value is -2.55. The molecule has 1 aromatic carbocycles. The highest BCUT2D eigenvalue weighted by Gasteiger charge is 2.29. The van der Waals surface area contributed by atoms with E-state index in [1.165, 1.54) is 12.1 Å². The molecule has 0 bridgehead atoms. The number of halogens is 2. The third-order valence-corrected chi connectivity index (χ3v) is 4.71. The van der Waals surface area contributed by atoms with Crippen molar-refractivity contribution in [2.45, 2.75) is 25.3 Å². The van der Waals surface area contributed by atoms with Crippen LogP contribution in [0.3, 0.4) is 0 Å². The number of anilines is 1. The fourth-order valence-electron chi connectivity index (χ4n) is 3.14. The number of hydrogen-bond acceptors (Lipinski definition) is 6. The summed E-state index contributed by atoms with van der Waals surface area (Å²) in [5.41, 5.74) is 1.79. The van der Waals surface area contributed by atoms with E-state index >= 15 is 0 Å². The van der Waals surface area contributed by atoms with E-state index in [1.54, 1.807) is 35.2 Å². The van der Waals surface area contributed by atoms with E-state index in [0.29, 0.717) is 30.1 Å². The molecule has 0 saturated carbocycles. The maximum absolute atomic E-state index is 13.3. The number of rotatable bonds is 5. The Labute approximate surface area is 159 Å². The summed E-state index contributed by atoms with van der Waals surface area (Å²) in [5, 5.41) is 22.8. The average Bonchev–Trinajstić information content (AvgIpc) is 3.18. The predicted molar refractivity (Wildman–Crippen MR) is 98.7 cm³/mol. The van der Waals surface area contributed by atoms with E-state index in [1.807, 2.05) is 0 Å². The first-order valence-corrected chi connectivity index (χ1v) is 8.80. The number of nitrogens with zero attached hydrogens (tertiary/aromatic N) is 4. The van der Waals surface area contributed by atoms with Crippen molar-refractivity contribution in [1.29, 1.82) is 0 Å². The van der Waals surface area contributed by atoms with E-state index in [2.05, 4.69) is 20.3 Å². The molecule has 3 atom stereocenters. The summed E-state index contributed by atoms with van der Waals surface area (Å²) in [6, 6.07) is 6.25. The highest BCUT2D eigenvalue weighted by Crippen LogP contribution is 2.25. The fourth-order valence-corrected chi connectivity index (χ4v) is 3.31. The van der Waals surface area contributed by atoms with E-state index in [-0.39, 0.29) is 17.0 Å². The molecule has 0 amide bonds. The molecule has 0 unspecified atom stereocenters. The SMILES string of the molecule is O[C@@H]1[C@H](O)C=C[C@H]1Cn1cnc2c(NCc3cccc(F)c3)nc(Cl)nc21. The number of aliphatic hydroxyl groups is 2. The average molecular weight is 390 g/mol. The Bertz CT molecular complexity index is 1010. The molecule has 0 radical (unpaired) electrons. The second kappa shape index (κ2) is 7.22. The van der Waals surface area contributed by atoms with E-state index in [0.717, 1.165) is 5.56 Å². The zero-order chi connectivity index (χ0) is 19.0. The lowest BCUT2D eigenvalue weighted by Gasteiger charge is -2.17. The summed E-state index contributed by atoms with van der Waals surface area (Å²) < 4.78 is 15.1. The van der Waals surface area contributed by atoms with Crippen LogP contribution in [-0.2, 0) is 13.1 Å². The molecular formula is C18H17ClFN5O2. The summed E-state index contributed by atoms with van der Waals surface area (Å²) in [4.78, 5) is 12.8. The van der Waals surface area contributed by atoms with Gasteiger partial charge in [-0.05, 0) is 29.3 Å². The second-order valence-corrected chi connectivity index (χ2v) is 6.76. The number of imidazole rings is 1. The number of aliphatic hydroxyl groups excluding tert-OH is 2. The number of fused-ring (bicyclic) bond motifs is 1. The molecule has 0 spiro atoms. The summed E-state index contributed by atoms with van der Waals surface area (Å²) in [5.74, 6) is -0.125. The lowest BCUT2D eigenvalue weighted by Crippen LogP contribution is -2.28. The van der Waals surface area contributed by atoms with Crippen molar-refractivity contribution < 1.29 is 14.6 Å². The van der Waals surface area contributed by atoms with Gasteiger partial charge in [0.1, 0.15) is 5.82 Å². The van der Waals surface area contributed by atoms with Gasteiger partial charge in [0.25, 0.3) is 0 Å². The van der Waals surface area contributed by atoms with Gasteiger partial charge in [-0.3, -0.25) is 0 Å². The molecule has 7 nitrogen and oxygen atoms in total. The fraction of sp³-hybridized carbons (Fsp3) is 0.278. The molecule has 0 saturated heterocycles. The molecule has 0 aliphatic heterocycles. The van der Waals surface area contributed by atoms with Crippen LogP contribution in [0.1, 0.15) is 5.56 Å². The summed E-state index contributed by atoms with van der Waals surface area (Å²) >= 11 is 6.06. The van der Waals surface area contributed by atoms with Crippen molar-refractivity contribution in [3.63, 3.8) is 0 Å². The zero-order valence-corrected chi connectivity index (χ0v) is 14.9. The van der Waals surface area contributed by atoms with Crippen LogP contribution in [0.5, 0.6) is 0 Å². The molecule has 140 valence electrons. The van der Waals surface area contributed by atoms with Crippen molar-refractivity contribution in [2.75, 3.05) is 5.32 Å². The first-order valence-electron chi connectivity index (χ1n) is 8.42. The number of benzene rings is 1. The van der Waals surface area contributed by atoms with Crippen molar-refractivity contribution in [2.24, 2.45) is 5.92 Å². The van der Waals surface area contributed by atoms with Crippen LogP contribution in [0.15, 0.2) is 42.7 Å². The van der Waals surface area contributed by atoms with Gasteiger partial charge < -0.3 is 20.1 Å². The standard InChI is InChI=1S/C18H17ClFN5O2/c19-18-23-16(21-7-10-2-1-3-12(20)6-10)14-17(24-18)25(9-22-14)8-11-4-5-13(26)15(11)27/h1-6,9,11,13,15,26-27H,7-8H2,(H,21,23,24)/t11-,13+,15-/m0/s1. The van der Waals surface area contributed by atoms with Crippen LogP contribution in [0.4, 0.5) is 10.2 Å². The summed E-state index contributed by atoms with van der Waals surface area (Å²) in [6.45, 7) is 0.741.